The first-order valence-electron chi connectivity index (χ1n) is 6.62. The topological polar surface area (TPSA) is 49.4 Å². The molecule has 0 aliphatic carbocycles. The maximum atomic E-state index is 12.1. The third-order valence-electron chi connectivity index (χ3n) is 2.77. The molecule has 0 aliphatic heterocycles. The maximum Gasteiger partial charge on any atom is 0.245 e. The lowest BCUT2D eigenvalue weighted by atomic mass is 10.1. The molecule has 0 fully saturated rings. The van der Waals surface area contributed by atoms with E-state index in [0.29, 0.717) is 12.5 Å². The van der Waals surface area contributed by atoms with Gasteiger partial charge in [0.25, 0.3) is 0 Å². The molecule has 1 unspecified atom stereocenters. The molecular weight excluding hydrogens is 276 g/mol. The number of carbonyl (C=O) groups is 2. The lowest BCUT2D eigenvalue weighted by Gasteiger charge is -2.20. The second-order valence-corrected chi connectivity index (χ2v) is 5.60. The first-order chi connectivity index (χ1) is 9.41. The molecule has 0 aliphatic rings. The number of likely N-dealkylation sites (N-methyl/N-ethyl adjacent to an activating group) is 1. The largest absolute Gasteiger partial charge is 0.354 e. The standard InChI is InChI=1S/C15H21ClN2O2/c1-11(2)9-17-13(19)10-18(3)15(20)14(16)12-7-5-4-6-8-12/h4-8,11,14H,9-10H2,1-3H3,(H,17,19). The first-order valence-corrected chi connectivity index (χ1v) is 7.06. The van der Waals surface area contributed by atoms with Gasteiger partial charge in [0.15, 0.2) is 0 Å². The van der Waals surface area contributed by atoms with Gasteiger partial charge in [-0.05, 0) is 11.5 Å². The van der Waals surface area contributed by atoms with Gasteiger partial charge < -0.3 is 10.2 Å². The van der Waals surface area contributed by atoms with Gasteiger partial charge in [-0.25, -0.2) is 0 Å². The fourth-order valence-electron chi connectivity index (χ4n) is 1.63. The number of nitrogens with one attached hydrogen (secondary N) is 1. The average molecular weight is 297 g/mol. The summed E-state index contributed by atoms with van der Waals surface area (Å²) in [6.45, 7) is 4.64. The molecule has 1 aromatic rings. The van der Waals surface area contributed by atoms with Crippen LogP contribution in [0.2, 0.25) is 0 Å². The highest BCUT2D eigenvalue weighted by Gasteiger charge is 2.22. The fourth-order valence-corrected chi connectivity index (χ4v) is 1.94. The van der Waals surface area contributed by atoms with Crippen molar-refractivity contribution in [2.24, 2.45) is 5.92 Å². The van der Waals surface area contributed by atoms with Gasteiger partial charge in [-0.15, -0.1) is 11.6 Å². The van der Waals surface area contributed by atoms with Gasteiger partial charge >= 0.3 is 0 Å². The lowest BCUT2D eigenvalue weighted by molar-refractivity contribution is -0.134. The van der Waals surface area contributed by atoms with E-state index in [1.165, 1.54) is 4.90 Å². The van der Waals surface area contributed by atoms with Crippen molar-refractivity contribution in [3.05, 3.63) is 35.9 Å². The van der Waals surface area contributed by atoms with Crippen LogP contribution in [0.1, 0.15) is 24.8 Å². The molecule has 2 amide bonds. The summed E-state index contributed by atoms with van der Waals surface area (Å²) in [5.41, 5.74) is 0.730. The minimum atomic E-state index is -0.765. The van der Waals surface area contributed by atoms with E-state index < -0.39 is 5.38 Å². The van der Waals surface area contributed by atoms with Crippen molar-refractivity contribution in [1.82, 2.24) is 10.2 Å². The summed E-state index contributed by atoms with van der Waals surface area (Å²) in [4.78, 5) is 25.2. The number of benzene rings is 1. The molecular formula is C15H21ClN2O2. The van der Waals surface area contributed by atoms with E-state index in [1.807, 2.05) is 32.0 Å². The van der Waals surface area contributed by atoms with Crippen molar-refractivity contribution in [2.75, 3.05) is 20.1 Å². The van der Waals surface area contributed by atoms with Gasteiger partial charge in [0.05, 0.1) is 6.54 Å². The number of rotatable bonds is 6. The van der Waals surface area contributed by atoms with Crippen molar-refractivity contribution < 1.29 is 9.59 Å². The SMILES string of the molecule is CC(C)CNC(=O)CN(C)C(=O)C(Cl)c1ccccc1. The second kappa shape index (κ2) is 7.90. The minimum absolute atomic E-state index is 0.0155. The van der Waals surface area contributed by atoms with E-state index in [0.717, 1.165) is 5.56 Å². The zero-order valence-corrected chi connectivity index (χ0v) is 12.9. The molecule has 110 valence electrons. The van der Waals surface area contributed by atoms with Crippen molar-refractivity contribution in [3.8, 4) is 0 Å². The normalized spacial score (nSPS) is 12.1. The van der Waals surface area contributed by atoms with Crippen LogP contribution in [0.3, 0.4) is 0 Å². The number of nitrogens with zero attached hydrogens (tertiary/aromatic N) is 1. The Labute approximate surface area is 125 Å². The smallest absolute Gasteiger partial charge is 0.245 e. The number of halogens is 1. The van der Waals surface area contributed by atoms with E-state index >= 15 is 0 Å². The molecule has 0 aromatic heterocycles. The van der Waals surface area contributed by atoms with Crippen molar-refractivity contribution >= 4 is 23.4 Å². The first kappa shape index (κ1) is 16.5. The highest BCUT2D eigenvalue weighted by Crippen LogP contribution is 2.21. The highest BCUT2D eigenvalue weighted by molar-refractivity contribution is 6.30. The quantitative estimate of drug-likeness (QED) is 0.818. The van der Waals surface area contributed by atoms with Crippen molar-refractivity contribution in [3.63, 3.8) is 0 Å². The molecule has 0 radical (unpaired) electrons. The molecule has 5 heteroatoms. The Morgan fingerprint density at radius 2 is 1.85 bits per heavy atom. The van der Waals surface area contributed by atoms with Gasteiger partial charge in [0.1, 0.15) is 5.38 Å². The Morgan fingerprint density at radius 1 is 1.25 bits per heavy atom. The summed E-state index contributed by atoms with van der Waals surface area (Å²) in [5, 5.41) is 2.01. The van der Waals surface area contributed by atoms with E-state index in [4.69, 9.17) is 11.6 Å². The van der Waals surface area contributed by atoms with Crippen molar-refractivity contribution in [1.29, 1.82) is 0 Å². The predicted octanol–water partition coefficient (Wildman–Crippen LogP) is 2.20. The number of hydrogen-bond acceptors (Lipinski definition) is 2. The van der Waals surface area contributed by atoms with E-state index in [2.05, 4.69) is 5.32 Å². The number of alkyl halides is 1. The molecule has 0 bridgehead atoms. The van der Waals surface area contributed by atoms with Gasteiger partial charge in [-0.1, -0.05) is 44.2 Å². The van der Waals surface area contributed by atoms with Crippen molar-refractivity contribution in [2.45, 2.75) is 19.2 Å². The molecule has 20 heavy (non-hydrogen) atoms. The molecule has 1 rings (SSSR count). The van der Waals surface area contributed by atoms with Crippen LogP contribution in [-0.2, 0) is 9.59 Å². The van der Waals surface area contributed by atoms with Crippen LogP contribution in [0.5, 0.6) is 0 Å². The van der Waals surface area contributed by atoms with E-state index in [1.54, 1.807) is 19.2 Å². The summed E-state index contributed by atoms with van der Waals surface area (Å²) in [5.74, 6) is -0.0749. The number of amides is 2. The van der Waals surface area contributed by atoms with Crippen LogP contribution in [-0.4, -0.2) is 36.9 Å². The van der Waals surface area contributed by atoms with Crippen LogP contribution >= 0.6 is 11.6 Å². The Kier molecular flexibility index (Phi) is 6.52. The Morgan fingerprint density at radius 3 is 2.40 bits per heavy atom. The lowest BCUT2D eigenvalue weighted by Crippen LogP contribution is -2.40. The van der Waals surface area contributed by atoms with Gasteiger partial charge in [-0.2, -0.15) is 0 Å². The Hall–Kier alpha value is -1.55. The second-order valence-electron chi connectivity index (χ2n) is 5.17. The summed E-state index contributed by atoms with van der Waals surface area (Å²) in [7, 11) is 1.58. The predicted molar refractivity (Wildman–Crippen MR) is 80.5 cm³/mol. The fraction of sp³-hybridized carbons (Fsp3) is 0.467. The molecule has 0 saturated carbocycles. The zero-order valence-electron chi connectivity index (χ0n) is 12.1. The van der Waals surface area contributed by atoms with Crippen LogP contribution in [0.4, 0.5) is 0 Å². The minimum Gasteiger partial charge on any atom is -0.354 e. The number of hydrogen-bond donors (Lipinski definition) is 1. The maximum absolute atomic E-state index is 12.1. The summed E-state index contributed by atoms with van der Waals surface area (Å²) >= 11 is 6.14. The Bertz CT molecular complexity index is 448. The van der Waals surface area contributed by atoms with Crippen LogP contribution in [0.25, 0.3) is 0 Å². The third kappa shape index (κ3) is 5.21. The molecule has 0 spiro atoms. The summed E-state index contributed by atoms with van der Waals surface area (Å²) < 4.78 is 0. The van der Waals surface area contributed by atoms with Crippen LogP contribution in [0, 0.1) is 5.92 Å². The molecule has 1 aromatic carbocycles. The zero-order chi connectivity index (χ0) is 15.1. The van der Waals surface area contributed by atoms with Gasteiger partial charge in [0, 0.05) is 13.6 Å². The highest BCUT2D eigenvalue weighted by atomic mass is 35.5. The summed E-state index contributed by atoms with van der Waals surface area (Å²) in [6.07, 6.45) is 0. The summed E-state index contributed by atoms with van der Waals surface area (Å²) in [6, 6.07) is 9.10. The van der Waals surface area contributed by atoms with Gasteiger partial charge in [0.2, 0.25) is 11.8 Å². The van der Waals surface area contributed by atoms with E-state index in [9.17, 15) is 9.59 Å². The van der Waals surface area contributed by atoms with Crippen LogP contribution in [0.15, 0.2) is 30.3 Å². The molecule has 0 saturated heterocycles. The molecule has 1 atom stereocenters. The Balaban J connectivity index is 2.52. The van der Waals surface area contributed by atoms with Crippen LogP contribution < -0.4 is 5.32 Å². The van der Waals surface area contributed by atoms with E-state index in [-0.39, 0.29) is 18.4 Å². The average Bonchev–Trinajstić information content (AvgIpc) is 2.44. The molecule has 0 heterocycles. The monoisotopic (exact) mass is 296 g/mol. The van der Waals surface area contributed by atoms with Gasteiger partial charge in [-0.3, -0.25) is 9.59 Å². The number of carbonyl (C=O) groups excluding carboxylic acids is 2. The third-order valence-corrected chi connectivity index (χ3v) is 3.21. The molecule has 4 nitrogen and oxygen atoms in total. The molecule has 1 N–H and O–H groups in total.